The molecule has 92 valence electrons. The van der Waals surface area contributed by atoms with Crippen LogP contribution in [0, 0.1) is 0 Å². The summed E-state index contributed by atoms with van der Waals surface area (Å²) in [6.07, 6.45) is 3.54. The van der Waals surface area contributed by atoms with Gasteiger partial charge in [0.25, 0.3) is 0 Å². The first-order chi connectivity index (χ1) is 8.29. The van der Waals surface area contributed by atoms with Crippen molar-refractivity contribution in [3.8, 4) is 0 Å². The highest BCUT2D eigenvalue weighted by Gasteiger charge is 2.31. The van der Waals surface area contributed by atoms with E-state index in [0.717, 1.165) is 35.7 Å². The normalized spacial score (nSPS) is 24.0. The van der Waals surface area contributed by atoms with Gasteiger partial charge < -0.3 is 10.1 Å². The summed E-state index contributed by atoms with van der Waals surface area (Å²) in [6.45, 7) is 1.59. The van der Waals surface area contributed by atoms with Crippen LogP contribution in [0.15, 0.2) is 4.47 Å². The second-order valence-electron chi connectivity index (χ2n) is 4.71. The zero-order valence-corrected chi connectivity index (χ0v) is 11.5. The van der Waals surface area contributed by atoms with Gasteiger partial charge in [0.2, 0.25) is 0 Å². The molecule has 2 heterocycles. The lowest BCUT2D eigenvalue weighted by molar-refractivity contribution is 0.193. The summed E-state index contributed by atoms with van der Waals surface area (Å²) < 4.78 is 6.45. The summed E-state index contributed by atoms with van der Waals surface area (Å²) in [7, 11) is 1.90. The molecule has 0 radical (unpaired) electrons. The number of hydrogen-bond acceptors (Lipinski definition) is 4. The third-order valence-corrected chi connectivity index (χ3v) is 4.17. The average Bonchev–Trinajstić information content (AvgIpc) is 3.04. The first-order valence-electron chi connectivity index (χ1n) is 6.12. The second-order valence-corrected chi connectivity index (χ2v) is 5.51. The highest BCUT2D eigenvalue weighted by atomic mass is 79.9. The summed E-state index contributed by atoms with van der Waals surface area (Å²) in [5.74, 6) is 2.84. The predicted molar refractivity (Wildman–Crippen MR) is 69.4 cm³/mol. The molecular weight excluding hydrogens is 282 g/mol. The van der Waals surface area contributed by atoms with Crippen LogP contribution >= 0.6 is 15.9 Å². The lowest BCUT2D eigenvalue weighted by Crippen LogP contribution is -2.09. The number of halogens is 1. The lowest BCUT2D eigenvalue weighted by Gasteiger charge is -2.13. The van der Waals surface area contributed by atoms with E-state index in [1.165, 1.54) is 18.5 Å². The van der Waals surface area contributed by atoms with Gasteiger partial charge in [0.1, 0.15) is 11.6 Å². The number of rotatable bonds is 3. The van der Waals surface area contributed by atoms with Crippen LogP contribution in [0.3, 0.4) is 0 Å². The molecule has 1 N–H and O–H groups in total. The summed E-state index contributed by atoms with van der Waals surface area (Å²) >= 11 is 3.61. The maximum Gasteiger partial charge on any atom is 0.144 e. The fraction of sp³-hybridized carbons (Fsp3) is 0.667. The minimum atomic E-state index is 0.368. The third kappa shape index (κ3) is 2.18. The smallest absolute Gasteiger partial charge is 0.144 e. The van der Waals surface area contributed by atoms with Gasteiger partial charge in [-0.2, -0.15) is 0 Å². The summed E-state index contributed by atoms with van der Waals surface area (Å²) in [6, 6.07) is 0. The van der Waals surface area contributed by atoms with Crippen molar-refractivity contribution < 1.29 is 4.74 Å². The quantitative estimate of drug-likeness (QED) is 0.932. The predicted octanol–water partition coefficient (Wildman–Crippen LogP) is 2.66. The van der Waals surface area contributed by atoms with Crippen molar-refractivity contribution in [2.45, 2.75) is 31.1 Å². The molecule has 3 rings (SSSR count). The van der Waals surface area contributed by atoms with E-state index in [9.17, 15) is 0 Å². The molecule has 2 fully saturated rings. The number of anilines is 1. The van der Waals surface area contributed by atoms with Crippen molar-refractivity contribution >= 4 is 21.7 Å². The van der Waals surface area contributed by atoms with Crippen molar-refractivity contribution in [1.82, 2.24) is 9.97 Å². The molecule has 0 amide bonds. The van der Waals surface area contributed by atoms with Crippen LogP contribution in [0.2, 0.25) is 0 Å². The van der Waals surface area contributed by atoms with E-state index in [1.807, 2.05) is 7.05 Å². The highest BCUT2D eigenvalue weighted by Crippen LogP contribution is 2.44. The van der Waals surface area contributed by atoms with Crippen molar-refractivity contribution in [2.24, 2.45) is 0 Å². The number of nitrogens with one attached hydrogen (secondary N) is 1. The van der Waals surface area contributed by atoms with Crippen molar-refractivity contribution in [3.63, 3.8) is 0 Å². The Morgan fingerprint density at radius 3 is 2.65 bits per heavy atom. The van der Waals surface area contributed by atoms with Crippen LogP contribution in [0.5, 0.6) is 0 Å². The molecule has 0 aromatic carbocycles. The minimum absolute atomic E-state index is 0.368. The molecule has 1 unspecified atom stereocenters. The lowest BCUT2D eigenvalue weighted by atomic mass is 10.1. The Labute approximate surface area is 109 Å². The standard InChI is InChI=1S/C12H16BrN3O/c1-14-12-9(13)10(7-2-3-7)15-11(16-12)8-4-5-17-6-8/h7-8H,2-6H2,1H3,(H,14,15,16). The molecule has 1 aromatic rings. The molecule has 1 atom stereocenters. The van der Waals surface area contributed by atoms with Gasteiger partial charge in [-0.15, -0.1) is 0 Å². The van der Waals surface area contributed by atoms with Gasteiger partial charge in [-0.25, -0.2) is 9.97 Å². The molecule has 1 aliphatic carbocycles. The first-order valence-corrected chi connectivity index (χ1v) is 6.91. The molecule has 1 saturated heterocycles. The van der Waals surface area contributed by atoms with Crippen LogP contribution in [0.1, 0.15) is 42.6 Å². The largest absolute Gasteiger partial charge is 0.381 e. The fourth-order valence-corrected chi connectivity index (χ4v) is 2.90. The molecule has 1 aromatic heterocycles. The SMILES string of the molecule is CNc1nc(C2CCOC2)nc(C2CC2)c1Br. The van der Waals surface area contributed by atoms with E-state index in [0.29, 0.717) is 11.8 Å². The van der Waals surface area contributed by atoms with E-state index in [1.54, 1.807) is 0 Å². The molecule has 0 spiro atoms. The Balaban J connectivity index is 2.00. The van der Waals surface area contributed by atoms with Crippen molar-refractivity contribution in [1.29, 1.82) is 0 Å². The molecule has 5 heteroatoms. The van der Waals surface area contributed by atoms with Gasteiger partial charge in [0.15, 0.2) is 0 Å². The average molecular weight is 298 g/mol. The van der Waals surface area contributed by atoms with Crippen LogP contribution in [-0.2, 0) is 4.74 Å². The van der Waals surface area contributed by atoms with E-state index < -0.39 is 0 Å². The van der Waals surface area contributed by atoms with Crippen LogP contribution in [0.4, 0.5) is 5.82 Å². The van der Waals surface area contributed by atoms with Gasteiger partial charge in [-0.1, -0.05) is 0 Å². The van der Waals surface area contributed by atoms with E-state index in [-0.39, 0.29) is 0 Å². The molecule has 1 saturated carbocycles. The molecular formula is C12H16BrN3O. The summed E-state index contributed by atoms with van der Waals surface area (Å²) in [5.41, 5.74) is 1.17. The Morgan fingerprint density at radius 2 is 2.06 bits per heavy atom. The van der Waals surface area contributed by atoms with Crippen LogP contribution < -0.4 is 5.32 Å². The van der Waals surface area contributed by atoms with Gasteiger partial charge in [-0.05, 0) is 35.2 Å². The van der Waals surface area contributed by atoms with Gasteiger partial charge >= 0.3 is 0 Å². The monoisotopic (exact) mass is 297 g/mol. The Kier molecular flexibility index (Phi) is 3.04. The molecule has 1 aliphatic heterocycles. The number of ether oxygens (including phenoxy) is 1. The maximum absolute atomic E-state index is 5.42. The zero-order chi connectivity index (χ0) is 11.8. The first kappa shape index (κ1) is 11.4. The number of nitrogens with zero attached hydrogens (tertiary/aromatic N) is 2. The molecule has 4 nitrogen and oxygen atoms in total. The Bertz CT molecular complexity index is 428. The summed E-state index contributed by atoms with van der Waals surface area (Å²) in [4.78, 5) is 9.34. The third-order valence-electron chi connectivity index (χ3n) is 3.39. The number of hydrogen-bond donors (Lipinski definition) is 1. The van der Waals surface area contributed by atoms with E-state index >= 15 is 0 Å². The van der Waals surface area contributed by atoms with E-state index in [4.69, 9.17) is 9.72 Å². The molecule has 0 bridgehead atoms. The van der Waals surface area contributed by atoms with Crippen molar-refractivity contribution in [3.05, 3.63) is 16.0 Å². The van der Waals surface area contributed by atoms with Crippen LogP contribution in [-0.4, -0.2) is 30.2 Å². The van der Waals surface area contributed by atoms with Gasteiger partial charge in [0.05, 0.1) is 16.8 Å². The highest BCUT2D eigenvalue weighted by molar-refractivity contribution is 9.10. The van der Waals surface area contributed by atoms with Gasteiger partial charge in [-0.3, -0.25) is 0 Å². The van der Waals surface area contributed by atoms with Crippen LogP contribution in [0.25, 0.3) is 0 Å². The van der Waals surface area contributed by atoms with Crippen molar-refractivity contribution in [2.75, 3.05) is 25.6 Å². The summed E-state index contributed by atoms with van der Waals surface area (Å²) in [5, 5.41) is 3.14. The molecule has 17 heavy (non-hydrogen) atoms. The second kappa shape index (κ2) is 4.53. The van der Waals surface area contributed by atoms with E-state index in [2.05, 4.69) is 26.2 Å². The topological polar surface area (TPSA) is 47.0 Å². The van der Waals surface area contributed by atoms with Gasteiger partial charge in [0, 0.05) is 25.5 Å². The fourth-order valence-electron chi connectivity index (χ4n) is 2.20. The maximum atomic E-state index is 5.42. The minimum Gasteiger partial charge on any atom is -0.381 e. The Hall–Kier alpha value is -0.680. The zero-order valence-electron chi connectivity index (χ0n) is 9.87. The Morgan fingerprint density at radius 1 is 1.24 bits per heavy atom. The number of aromatic nitrogens is 2. The molecule has 2 aliphatic rings.